The second kappa shape index (κ2) is 4.76. The number of nitrogens with zero attached hydrogens (tertiary/aromatic N) is 2. The van der Waals surface area contributed by atoms with E-state index in [2.05, 4.69) is 51.3 Å². The number of nitrogens with one attached hydrogen (secondary N) is 1. The van der Waals surface area contributed by atoms with Crippen LogP contribution in [0.3, 0.4) is 0 Å². The largest absolute Gasteiger partial charge is 0.338 e. The van der Waals surface area contributed by atoms with Gasteiger partial charge in [0, 0.05) is 42.3 Å². The molecule has 4 rings (SSSR count). The van der Waals surface area contributed by atoms with Crippen LogP contribution in [0, 0.1) is 0 Å². The Balaban J connectivity index is 1.89. The maximum Gasteiger partial charge on any atom is 0.0651 e. The van der Waals surface area contributed by atoms with Gasteiger partial charge in [-0.3, -0.25) is 4.98 Å². The normalized spacial score (nSPS) is 14.4. The Kier molecular flexibility index (Phi) is 2.78. The smallest absolute Gasteiger partial charge is 0.0651 e. The van der Waals surface area contributed by atoms with Crippen molar-refractivity contribution >= 4 is 10.9 Å². The third kappa shape index (κ3) is 1.82. The Bertz CT molecular complexity index is 744. The average Bonchev–Trinajstić information content (AvgIpc) is 2.84. The minimum Gasteiger partial charge on any atom is -0.338 e. The van der Waals surface area contributed by atoms with E-state index in [1.807, 2.05) is 12.3 Å². The lowest BCUT2D eigenvalue weighted by atomic mass is 10.1. The molecule has 0 amide bonds. The first-order chi connectivity index (χ1) is 9.93. The first-order valence-electron chi connectivity index (χ1n) is 7.13. The van der Waals surface area contributed by atoms with Gasteiger partial charge in [0.15, 0.2) is 0 Å². The van der Waals surface area contributed by atoms with Gasteiger partial charge in [0.1, 0.15) is 0 Å². The molecule has 3 aromatic rings. The standard InChI is InChI=1S/C17H17N3/c1-2-7-16-14(6-1)15-11-18-10-8-17(15)20(16)12-13-5-3-4-9-19-13/h1-7,9,18H,8,10-12H2. The summed E-state index contributed by atoms with van der Waals surface area (Å²) in [7, 11) is 0. The van der Waals surface area contributed by atoms with Crippen molar-refractivity contribution in [2.24, 2.45) is 0 Å². The van der Waals surface area contributed by atoms with Crippen LogP contribution in [0.2, 0.25) is 0 Å². The summed E-state index contributed by atoms with van der Waals surface area (Å²) in [6, 6.07) is 14.8. The fourth-order valence-electron chi connectivity index (χ4n) is 3.17. The molecule has 1 aliphatic heterocycles. The zero-order valence-corrected chi connectivity index (χ0v) is 11.3. The molecule has 0 fully saturated rings. The quantitative estimate of drug-likeness (QED) is 0.770. The summed E-state index contributed by atoms with van der Waals surface area (Å²) in [4.78, 5) is 4.47. The van der Waals surface area contributed by atoms with Crippen LogP contribution in [-0.2, 0) is 19.5 Å². The Morgan fingerprint density at radius 1 is 1.10 bits per heavy atom. The molecular formula is C17H17N3. The van der Waals surface area contributed by atoms with Crippen molar-refractivity contribution < 1.29 is 0 Å². The highest BCUT2D eigenvalue weighted by atomic mass is 15.0. The third-order valence-corrected chi connectivity index (χ3v) is 4.08. The monoisotopic (exact) mass is 263 g/mol. The lowest BCUT2D eigenvalue weighted by molar-refractivity contribution is 0.609. The van der Waals surface area contributed by atoms with Gasteiger partial charge in [0.2, 0.25) is 0 Å². The molecule has 1 aliphatic rings. The van der Waals surface area contributed by atoms with Crippen LogP contribution in [0.1, 0.15) is 17.0 Å². The molecule has 0 atom stereocenters. The van der Waals surface area contributed by atoms with Crippen LogP contribution < -0.4 is 5.32 Å². The fraction of sp³-hybridized carbons (Fsp3) is 0.235. The third-order valence-electron chi connectivity index (χ3n) is 4.08. The number of hydrogen-bond acceptors (Lipinski definition) is 2. The van der Waals surface area contributed by atoms with E-state index >= 15 is 0 Å². The highest BCUT2D eigenvalue weighted by Crippen LogP contribution is 2.28. The first-order valence-corrected chi connectivity index (χ1v) is 7.13. The second-order valence-electron chi connectivity index (χ2n) is 5.28. The molecule has 0 unspecified atom stereocenters. The van der Waals surface area contributed by atoms with Gasteiger partial charge in [-0.05, 0) is 23.8 Å². The molecule has 0 saturated carbocycles. The van der Waals surface area contributed by atoms with E-state index in [9.17, 15) is 0 Å². The Hall–Kier alpha value is -2.13. The van der Waals surface area contributed by atoms with Crippen LogP contribution in [0.5, 0.6) is 0 Å². The molecule has 0 saturated heterocycles. The average molecular weight is 263 g/mol. The maximum atomic E-state index is 4.47. The van der Waals surface area contributed by atoms with Crippen LogP contribution in [0.25, 0.3) is 10.9 Å². The van der Waals surface area contributed by atoms with Crippen LogP contribution >= 0.6 is 0 Å². The van der Waals surface area contributed by atoms with Crippen molar-refractivity contribution in [3.05, 3.63) is 65.6 Å². The van der Waals surface area contributed by atoms with Crippen LogP contribution in [0.4, 0.5) is 0 Å². The topological polar surface area (TPSA) is 29.9 Å². The zero-order valence-electron chi connectivity index (χ0n) is 11.3. The van der Waals surface area contributed by atoms with Gasteiger partial charge in [-0.15, -0.1) is 0 Å². The summed E-state index contributed by atoms with van der Waals surface area (Å²) < 4.78 is 2.44. The second-order valence-corrected chi connectivity index (χ2v) is 5.28. The van der Waals surface area contributed by atoms with E-state index in [-0.39, 0.29) is 0 Å². The van der Waals surface area contributed by atoms with Crippen molar-refractivity contribution in [1.82, 2.24) is 14.9 Å². The molecule has 0 bridgehead atoms. The first kappa shape index (κ1) is 11.7. The van der Waals surface area contributed by atoms with E-state index in [1.165, 1.54) is 22.2 Å². The molecule has 3 heterocycles. The maximum absolute atomic E-state index is 4.47. The highest BCUT2D eigenvalue weighted by Gasteiger charge is 2.19. The highest BCUT2D eigenvalue weighted by molar-refractivity contribution is 5.85. The van der Waals surface area contributed by atoms with E-state index < -0.39 is 0 Å². The lowest BCUT2D eigenvalue weighted by Gasteiger charge is -2.17. The van der Waals surface area contributed by atoms with Crippen LogP contribution in [-0.4, -0.2) is 16.1 Å². The van der Waals surface area contributed by atoms with Crippen molar-refractivity contribution in [3.63, 3.8) is 0 Å². The van der Waals surface area contributed by atoms with Crippen molar-refractivity contribution in [2.45, 2.75) is 19.5 Å². The number of benzene rings is 1. The number of para-hydroxylation sites is 1. The molecule has 1 N–H and O–H groups in total. The number of fused-ring (bicyclic) bond motifs is 3. The molecule has 3 heteroatoms. The molecule has 0 aliphatic carbocycles. The molecule has 100 valence electrons. The molecule has 1 aromatic carbocycles. The zero-order chi connectivity index (χ0) is 13.4. The molecule has 3 nitrogen and oxygen atoms in total. The Labute approximate surface area is 118 Å². The Morgan fingerprint density at radius 2 is 2.00 bits per heavy atom. The number of pyridine rings is 1. The summed E-state index contributed by atoms with van der Waals surface area (Å²) in [6.45, 7) is 2.90. The number of hydrogen-bond donors (Lipinski definition) is 1. The SMILES string of the molecule is c1ccc(Cn2c3c(c4ccccc42)CNCC3)nc1. The van der Waals surface area contributed by atoms with Gasteiger partial charge < -0.3 is 9.88 Å². The summed E-state index contributed by atoms with van der Waals surface area (Å²) in [6.07, 6.45) is 2.96. The lowest BCUT2D eigenvalue weighted by Crippen LogP contribution is -2.24. The fourth-order valence-corrected chi connectivity index (χ4v) is 3.17. The van der Waals surface area contributed by atoms with Crippen LogP contribution in [0.15, 0.2) is 48.7 Å². The van der Waals surface area contributed by atoms with Crippen molar-refractivity contribution in [3.8, 4) is 0 Å². The van der Waals surface area contributed by atoms with Gasteiger partial charge in [-0.1, -0.05) is 24.3 Å². The van der Waals surface area contributed by atoms with Gasteiger partial charge >= 0.3 is 0 Å². The van der Waals surface area contributed by atoms with Gasteiger partial charge in [-0.2, -0.15) is 0 Å². The molecule has 0 spiro atoms. The van der Waals surface area contributed by atoms with E-state index in [4.69, 9.17) is 0 Å². The van der Waals surface area contributed by atoms with Gasteiger partial charge in [0.25, 0.3) is 0 Å². The van der Waals surface area contributed by atoms with E-state index in [0.29, 0.717) is 0 Å². The predicted molar refractivity (Wildman–Crippen MR) is 80.7 cm³/mol. The van der Waals surface area contributed by atoms with Crippen molar-refractivity contribution in [1.29, 1.82) is 0 Å². The summed E-state index contributed by atoms with van der Waals surface area (Å²) in [5, 5.41) is 4.86. The molecule has 20 heavy (non-hydrogen) atoms. The molecule has 2 aromatic heterocycles. The minimum atomic E-state index is 0.858. The molecular weight excluding hydrogens is 246 g/mol. The number of aromatic nitrogens is 2. The summed E-state index contributed by atoms with van der Waals surface area (Å²) >= 11 is 0. The Morgan fingerprint density at radius 3 is 2.90 bits per heavy atom. The number of rotatable bonds is 2. The van der Waals surface area contributed by atoms with E-state index in [0.717, 1.165) is 31.7 Å². The summed E-state index contributed by atoms with van der Waals surface area (Å²) in [5.74, 6) is 0. The molecule has 0 radical (unpaired) electrons. The minimum absolute atomic E-state index is 0.858. The predicted octanol–water partition coefficient (Wildman–Crippen LogP) is 2.73. The van der Waals surface area contributed by atoms with Gasteiger partial charge in [-0.25, -0.2) is 0 Å². The van der Waals surface area contributed by atoms with Crippen molar-refractivity contribution in [2.75, 3.05) is 6.54 Å². The van der Waals surface area contributed by atoms with E-state index in [1.54, 1.807) is 0 Å². The van der Waals surface area contributed by atoms with Gasteiger partial charge in [0.05, 0.1) is 12.2 Å². The summed E-state index contributed by atoms with van der Waals surface area (Å²) in [5.41, 5.74) is 5.37.